The Morgan fingerprint density at radius 3 is 2.43 bits per heavy atom. The second-order valence-corrected chi connectivity index (χ2v) is 19.4. The van der Waals surface area contributed by atoms with E-state index in [-0.39, 0.29) is 57.6 Å². The highest BCUT2D eigenvalue weighted by molar-refractivity contribution is 5.90. The molecule has 1 aromatic rings. The lowest BCUT2D eigenvalue weighted by molar-refractivity contribution is -0.246. The van der Waals surface area contributed by atoms with Crippen molar-refractivity contribution in [1.29, 1.82) is 0 Å². The van der Waals surface area contributed by atoms with Gasteiger partial charge in [0.25, 0.3) is 0 Å². The lowest BCUT2D eigenvalue weighted by atomic mass is 9.46. The van der Waals surface area contributed by atoms with Gasteiger partial charge in [-0.2, -0.15) is 0 Å². The van der Waals surface area contributed by atoms with E-state index >= 15 is 0 Å². The Balaban J connectivity index is 0.00000214. The number of morpholine rings is 1. The second-order valence-electron chi connectivity index (χ2n) is 19.4. The molecule has 0 bridgehead atoms. The number of ketones is 1. The van der Waals surface area contributed by atoms with Crippen LogP contribution in [0.5, 0.6) is 0 Å². The molecule has 7 fully saturated rings. The first-order chi connectivity index (χ1) is 25.1. The van der Waals surface area contributed by atoms with Crippen molar-refractivity contribution in [3.8, 4) is 0 Å². The Morgan fingerprint density at radius 2 is 1.75 bits per heavy atom. The van der Waals surface area contributed by atoms with Crippen LogP contribution in [0.15, 0.2) is 30.3 Å². The van der Waals surface area contributed by atoms with Gasteiger partial charge in [-0.05, 0) is 110 Å². The van der Waals surface area contributed by atoms with Crippen LogP contribution in [0.25, 0.3) is 0 Å². The minimum Gasteiger partial charge on any atom is -0.457 e. The third kappa shape index (κ3) is 6.01. The zero-order valence-corrected chi connectivity index (χ0v) is 34.4. The van der Waals surface area contributed by atoms with Crippen molar-refractivity contribution < 1.29 is 33.6 Å². The van der Waals surface area contributed by atoms with Gasteiger partial charge in [-0.15, -0.1) is 0 Å². The fraction of sp³-hybridized carbons (Fsp3) is 0.822. The number of hydrogen-bond acceptors (Lipinski definition) is 8. The zero-order valence-electron chi connectivity index (χ0n) is 34.4. The molecule has 2 spiro atoms. The number of carbonyl (C=O) groups excluding carboxylic acids is 2. The Morgan fingerprint density at radius 1 is 1.04 bits per heavy atom. The van der Waals surface area contributed by atoms with Crippen LogP contribution in [0.3, 0.4) is 0 Å². The van der Waals surface area contributed by atoms with Crippen LogP contribution in [-0.4, -0.2) is 77.8 Å². The van der Waals surface area contributed by atoms with Gasteiger partial charge in [0, 0.05) is 38.4 Å². The molecule has 2 heterocycles. The first-order valence-corrected chi connectivity index (χ1v) is 21.2. The molecule has 1 aromatic carbocycles. The van der Waals surface area contributed by atoms with E-state index in [9.17, 15) is 14.7 Å². The van der Waals surface area contributed by atoms with E-state index in [1.165, 1.54) is 25.3 Å². The molecule has 8 rings (SSSR count). The number of nitrogens with zero attached hydrogens (tertiary/aromatic N) is 1. The van der Waals surface area contributed by atoms with Gasteiger partial charge in [-0.1, -0.05) is 78.8 Å². The fourth-order valence-electron chi connectivity index (χ4n) is 14.5. The maximum absolute atomic E-state index is 14.9. The predicted molar refractivity (Wildman–Crippen MR) is 205 cm³/mol. The van der Waals surface area contributed by atoms with Crippen molar-refractivity contribution in [3.05, 3.63) is 35.9 Å². The van der Waals surface area contributed by atoms with Gasteiger partial charge < -0.3 is 24.1 Å². The molecule has 2 aliphatic heterocycles. The van der Waals surface area contributed by atoms with Crippen molar-refractivity contribution in [2.75, 3.05) is 19.7 Å². The highest BCUT2D eigenvalue weighted by atomic mass is 16.7. The summed E-state index contributed by atoms with van der Waals surface area (Å²) in [5, 5.41) is 11.0. The quantitative estimate of drug-likeness (QED) is 0.283. The van der Waals surface area contributed by atoms with Crippen LogP contribution in [0.1, 0.15) is 120 Å². The standard InChI is InChI=1S/C43H63NO7.C2H6/c1-25-22-30(38(40(6,7)47)49-27(3)45)50-37-34(25)41(8)18-19-42-26(2)43(42)17-16-32(39(4,5)31(43)15-14-29(42)35(41)36(37)46)51-33-24-44(20-21-48-33)23-28-12-10-9-11-13-28;1-2/h9-13,25-26,29-35,37-38,47H,14-24H2,1-8H3;1-2H3/t25-,26?,29?,30?,31?,32?,33?,34?,35?,37?,38?,41?,42?,43?;/m1./s1. The molecule has 2 saturated heterocycles. The number of hydrogen-bond donors (Lipinski definition) is 1. The molecule has 5 saturated carbocycles. The van der Waals surface area contributed by atoms with Crippen molar-refractivity contribution in [1.82, 2.24) is 4.90 Å². The van der Waals surface area contributed by atoms with Crippen LogP contribution < -0.4 is 0 Å². The summed E-state index contributed by atoms with van der Waals surface area (Å²) in [6.45, 7) is 24.1. The van der Waals surface area contributed by atoms with Gasteiger partial charge >= 0.3 is 5.97 Å². The summed E-state index contributed by atoms with van der Waals surface area (Å²) in [5.41, 5.74) is 0.387. The van der Waals surface area contributed by atoms with Crippen LogP contribution in [-0.2, 0) is 35.1 Å². The van der Waals surface area contributed by atoms with E-state index < -0.39 is 29.9 Å². The molecule has 8 nitrogen and oxygen atoms in total. The lowest BCUT2D eigenvalue weighted by Gasteiger charge is -2.59. The highest BCUT2D eigenvalue weighted by Gasteiger charge is 2.86. The summed E-state index contributed by atoms with van der Waals surface area (Å²) in [6, 6.07) is 10.7. The molecular formula is C45H69NO7. The van der Waals surface area contributed by atoms with E-state index in [1.54, 1.807) is 13.8 Å². The van der Waals surface area contributed by atoms with Crippen LogP contribution >= 0.6 is 0 Å². The molecular weight excluding hydrogens is 666 g/mol. The number of carbonyl (C=O) groups is 2. The predicted octanol–water partition coefficient (Wildman–Crippen LogP) is 7.84. The van der Waals surface area contributed by atoms with Gasteiger partial charge in [-0.25, -0.2) is 0 Å². The van der Waals surface area contributed by atoms with Crippen LogP contribution in [0, 0.1) is 57.2 Å². The average molecular weight is 736 g/mol. The van der Waals surface area contributed by atoms with Gasteiger partial charge in [0.05, 0.1) is 24.4 Å². The van der Waals surface area contributed by atoms with Gasteiger partial charge in [0.1, 0.15) is 6.10 Å². The number of benzene rings is 1. The number of esters is 1. The Labute approximate surface area is 319 Å². The molecule has 1 N–H and O–H groups in total. The summed E-state index contributed by atoms with van der Waals surface area (Å²) in [5.74, 6) is 1.70. The maximum atomic E-state index is 14.9. The molecule has 0 amide bonds. The van der Waals surface area contributed by atoms with Gasteiger partial charge in [0.2, 0.25) is 0 Å². The minimum absolute atomic E-state index is 0.00807. The zero-order chi connectivity index (χ0) is 38.3. The van der Waals surface area contributed by atoms with Crippen molar-refractivity contribution in [2.45, 2.75) is 157 Å². The van der Waals surface area contributed by atoms with Crippen molar-refractivity contribution in [3.63, 3.8) is 0 Å². The average Bonchev–Trinajstić information content (AvgIpc) is 3.54. The molecule has 13 unspecified atom stereocenters. The molecule has 296 valence electrons. The van der Waals surface area contributed by atoms with E-state index in [0.29, 0.717) is 30.8 Å². The smallest absolute Gasteiger partial charge is 0.303 e. The van der Waals surface area contributed by atoms with E-state index in [4.69, 9.17) is 18.9 Å². The Hall–Kier alpha value is -1.84. The summed E-state index contributed by atoms with van der Waals surface area (Å²) in [7, 11) is 0. The van der Waals surface area contributed by atoms with Crippen LogP contribution in [0.2, 0.25) is 0 Å². The summed E-state index contributed by atoms with van der Waals surface area (Å²) in [4.78, 5) is 29.4. The van der Waals surface area contributed by atoms with Gasteiger partial charge in [0.15, 0.2) is 18.2 Å². The molecule has 14 atom stereocenters. The van der Waals surface area contributed by atoms with Crippen molar-refractivity contribution >= 4 is 11.8 Å². The molecule has 53 heavy (non-hydrogen) atoms. The largest absolute Gasteiger partial charge is 0.457 e. The van der Waals surface area contributed by atoms with E-state index in [0.717, 1.165) is 45.3 Å². The van der Waals surface area contributed by atoms with Crippen molar-refractivity contribution in [2.24, 2.45) is 57.2 Å². The number of rotatable bonds is 7. The van der Waals surface area contributed by atoms with Crippen LogP contribution in [0.4, 0.5) is 0 Å². The number of aliphatic hydroxyl groups is 1. The normalized spacial score (nSPS) is 44.8. The topological polar surface area (TPSA) is 94.5 Å². The molecule has 7 aliphatic rings. The number of Topliss-reactive ketones (excluding diaryl/α,β-unsaturated/α-hetero) is 1. The monoisotopic (exact) mass is 736 g/mol. The molecule has 8 heteroatoms. The molecule has 0 radical (unpaired) electrons. The minimum atomic E-state index is -1.28. The third-order valence-electron chi connectivity index (χ3n) is 16.3. The number of ether oxygens (including phenoxy) is 4. The third-order valence-corrected chi connectivity index (χ3v) is 16.3. The lowest BCUT2D eigenvalue weighted by Crippen LogP contribution is -2.57. The van der Waals surface area contributed by atoms with Gasteiger partial charge in [-0.3, -0.25) is 14.5 Å². The Kier molecular flexibility index (Phi) is 10.4. The summed E-state index contributed by atoms with van der Waals surface area (Å²) >= 11 is 0. The fourth-order valence-corrected chi connectivity index (χ4v) is 14.5. The van der Waals surface area contributed by atoms with E-state index in [2.05, 4.69) is 69.9 Å². The summed E-state index contributed by atoms with van der Waals surface area (Å²) < 4.78 is 25.6. The Bertz CT molecular complexity index is 1510. The second kappa shape index (κ2) is 14.0. The molecule has 0 aromatic heterocycles. The SMILES string of the molecule is CC.CC(=O)OC(C1C[C@@H](C)C2C(O1)C(=O)C1C3CCC4C(C)(C)C(OC5CN(Cc6ccccc6)CCO5)CCC45C(C)C35CCC12C)C(C)(C)O. The number of fused-ring (bicyclic) bond motifs is 4. The van der Waals surface area contributed by atoms with E-state index in [1.807, 2.05) is 13.8 Å². The molecule has 5 aliphatic carbocycles. The maximum Gasteiger partial charge on any atom is 0.303 e. The summed E-state index contributed by atoms with van der Waals surface area (Å²) in [6.07, 6.45) is 5.44. The first-order valence-electron chi connectivity index (χ1n) is 21.2. The highest BCUT2D eigenvalue weighted by Crippen LogP contribution is 2.89. The first kappa shape index (κ1) is 39.4.